The zero-order valence-electron chi connectivity index (χ0n) is 27.6. The fourth-order valence-electron chi connectivity index (χ4n) is 10.2. The van der Waals surface area contributed by atoms with Crippen LogP contribution in [-0.4, -0.2) is 69.0 Å². The average Bonchev–Trinajstić information content (AvgIpc) is 3.31. The maximum absolute atomic E-state index is 12.4. The number of aliphatic carboxylic acids is 1. The standard InChI is InChI=1S/C33H53O12P/c1-19(5-6-20(2)34)24-8-9-25-29-26(12-14-33(24,25)4)32(3)13-11-23(15-22(32)16-27(29)35)45-31(39)44-18-43-28(36)10-7-21(30(37)38)17-46(40,41)42/h19,21-27,29,35H,5-18H2,1-4H3,(H,37,38)(H2,40,41,42)/t19-,21?,22+,23-,24?,25?,26?,27+,29?,32+,33-/m1/s1. The largest absolute Gasteiger partial charge is 0.511 e. The lowest BCUT2D eigenvalue weighted by molar-refractivity contribution is -0.177. The molecule has 0 saturated heterocycles. The number of aliphatic hydroxyl groups is 1. The van der Waals surface area contributed by atoms with Crippen LogP contribution >= 0.6 is 7.60 Å². The summed E-state index contributed by atoms with van der Waals surface area (Å²) in [6, 6.07) is 0. The maximum atomic E-state index is 12.4. The number of hydrogen-bond acceptors (Lipinski definition) is 9. The van der Waals surface area contributed by atoms with Crippen LogP contribution in [0.15, 0.2) is 0 Å². The fraction of sp³-hybridized carbons (Fsp3) is 0.879. The number of carbonyl (C=O) groups excluding carboxylic acids is 3. The highest BCUT2D eigenvalue weighted by molar-refractivity contribution is 7.51. The molecule has 4 rings (SSSR count). The van der Waals surface area contributed by atoms with Gasteiger partial charge in [0.2, 0.25) is 6.79 Å². The molecule has 0 bridgehead atoms. The summed E-state index contributed by atoms with van der Waals surface area (Å²) in [6.45, 7) is 8.03. The van der Waals surface area contributed by atoms with E-state index in [9.17, 15) is 28.8 Å². The van der Waals surface area contributed by atoms with Crippen molar-refractivity contribution in [2.24, 2.45) is 52.3 Å². The van der Waals surface area contributed by atoms with E-state index < -0.39 is 57.1 Å². The van der Waals surface area contributed by atoms with Crippen LogP contribution < -0.4 is 0 Å². The molecule has 0 aromatic heterocycles. The average molecular weight is 673 g/mol. The van der Waals surface area contributed by atoms with Crippen molar-refractivity contribution in [1.82, 2.24) is 0 Å². The molecule has 0 spiro atoms. The number of aliphatic hydroxyl groups excluding tert-OH is 1. The van der Waals surface area contributed by atoms with Crippen molar-refractivity contribution in [3.8, 4) is 0 Å². The lowest BCUT2D eigenvalue weighted by atomic mass is 9.43. The molecule has 0 radical (unpaired) electrons. The van der Waals surface area contributed by atoms with Gasteiger partial charge in [-0.3, -0.25) is 14.2 Å². The zero-order chi connectivity index (χ0) is 34.0. The maximum Gasteiger partial charge on any atom is 0.511 e. The number of ketones is 1. The monoisotopic (exact) mass is 672 g/mol. The second-order valence-corrected chi connectivity index (χ2v) is 16.9. The Balaban J connectivity index is 1.25. The van der Waals surface area contributed by atoms with E-state index in [0.29, 0.717) is 49.4 Å². The van der Waals surface area contributed by atoms with Gasteiger partial charge >= 0.3 is 25.7 Å². The number of Topliss-reactive ketones (excluding diaryl/α,β-unsaturated/α-hetero) is 1. The Labute approximate surface area is 271 Å². The number of ether oxygens (including phenoxy) is 3. The Morgan fingerprint density at radius 3 is 2.24 bits per heavy atom. The molecule has 262 valence electrons. The van der Waals surface area contributed by atoms with Gasteiger partial charge in [-0.25, -0.2) is 4.79 Å². The van der Waals surface area contributed by atoms with Crippen LogP contribution in [0.5, 0.6) is 0 Å². The Morgan fingerprint density at radius 2 is 1.59 bits per heavy atom. The van der Waals surface area contributed by atoms with E-state index >= 15 is 0 Å². The molecule has 0 aliphatic heterocycles. The van der Waals surface area contributed by atoms with E-state index in [1.807, 2.05) is 0 Å². The molecular formula is C33H53O12P. The van der Waals surface area contributed by atoms with Crippen molar-refractivity contribution in [2.45, 2.75) is 117 Å². The van der Waals surface area contributed by atoms with Gasteiger partial charge in [-0.2, -0.15) is 0 Å². The summed E-state index contributed by atoms with van der Waals surface area (Å²) in [7, 11) is -4.57. The van der Waals surface area contributed by atoms with Crippen LogP contribution in [0.1, 0.15) is 105 Å². The third kappa shape index (κ3) is 8.34. The van der Waals surface area contributed by atoms with Crippen LogP contribution in [-0.2, 0) is 33.2 Å². The summed E-state index contributed by atoms with van der Waals surface area (Å²) >= 11 is 0. The van der Waals surface area contributed by atoms with Gasteiger partial charge in [-0.05, 0) is 117 Å². The highest BCUT2D eigenvalue weighted by Gasteiger charge is 2.63. The number of rotatable bonds is 13. The van der Waals surface area contributed by atoms with Gasteiger partial charge in [0.05, 0.1) is 18.2 Å². The second kappa shape index (κ2) is 14.6. The number of carboxylic acid groups (broad SMARTS) is 1. The predicted octanol–water partition coefficient (Wildman–Crippen LogP) is 5.30. The minimum absolute atomic E-state index is 0.0382. The van der Waals surface area contributed by atoms with Crippen LogP contribution in [0, 0.1) is 52.3 Å². The van der Waals surface area contributed by atoms with E-state index in [2.05, 4.69) is 20.8 Å². The first-order valence-electron chi connectivity index (χ1n) is 16.9. The lowest BCUT2D eigenvalue weighted by Crippen LogP contribution is -2.58. The Morgan fingerprint density at radius 1 is 0.913 bits per heavy atom. The first-order valence-corrected chi connectivity index (χ1v) is 18.7. The summed E-state index contributed by atoms with van der Waals surface area (Å²) < 4.78 is 26.4. The Kier molecular flexibility index (Phi) is 11.7. The molecular weight excluding hydrogens is 619 g/mol. The smallest absolute Gasteiger partial charge is 0.481 e. The molecule has 0 amide bonds. The van der Waals surface area contributed by atoms with Crippen LogP contribution in [0.25, 0.3) is 0 Å². The molecule has 4 saturated carbocycles. The molecule has 11 atom stereocenters. The SMILES string of the molecule is CC(=O)CC[C@@H](C)C1CCC2C3C(CC[C@@]21C)[C@@]1(C)CC[C@@H](OC(=O)OCOC(=O)CCC(CP(=O)(O)O)C(=O)O)C[C@H]1C[C@@H]3O. The number of fused-ring (bicyclic) bond motifs is 5. The molecule has 0 aromatic rings. The van der Waals surface area contributed by atoms with Crippen molar-refractivity contribution < 1.29 is 58.0 Å². The first kappa shape index (κ1) is 36.8. The van der Waals surface area contributed by atoms with Crippen molar-refractivity contribution in [3.63, 3.8) is 0 Å². The topological polar surface area (TPSA) is 194 Å². The van der Waals surface area contributed by atoms with E-state index in [1.165, 1.54) is 0 Å². The quantitative estimate of drug-likeness (QED) is 0.112. The lowest BCUT2D eigenvalue weighted by Gasteiger charge is -2.62. The van der Waals surface area contributed by atoms with E-state index in [0.717, 1.165) is 38.5 Å². The molecule has 4 fully saturated rings. The number of carbonyl (C=O) groups is 4. The minimum Gasteiger partial charge on any atom is -0.481 e. The van der Waals surface area contributed by atoms with Crippen molar-refractivity contribution in [2.75, 3.05) is 13.0 Å². The van der Waals surface area contributed by atoms with Crippen LogP contribution in [0.4, 0.5) is 4.79 Å². The first-order chi connectivity index (χ1) is 21.4. The summed E-state index contributed by atoms with van der Waals surface area (Å²) in [5, 5.41) is 20.7. The summed E-state index contributed by atoms with van der Waals surface area (Å²) in [5.74, 6) is -1.09. The van der Waals surface area contributed by atoms with E-state index in [1.54, 1.807) is 6.92 Å². The van der Waals surface area contributed by atoms with Gasteiger partial charge in [-0.1, -0.05) is 20.8 Å². The highest BCUT2D eigenvalue weighted by Crippen LogP contribution is 2.68. The summed E-state index contributed by atoms with van der Waals surface area (Å²) in [4.78, 5) is 65.2. The highest BCUT2D eigenvalue weighted by atomic mass is 31.2. The number of carboxylic acids is 1. The minimum atomic E-state index is -4.57. The third-order valence-electron chi connectivity index (χ3n) is 12.5. The predicted molar refractivity (Wildman–Crippen MR) is 165 cm³/mol. The molecule has 13 heteroatoms. The van der Waals surface area contributed by atoms with Crippen LogP contribution in [0.2, 0.25) is 0 Å². The van der Waals surface area contributed by atoms with Crippen molar-refractivity contribution >= 4 is 31.5 Å². The molecule has 4 aliphatic carbocycles. The number of esters is 1. The van der Waals surface area contributed by atoms with Crippen molar-refractivity contribution in [1.29, 1.82) is 0 Å². The molecule has 46 heavy (non-hydrogen) atoms. The Hall–Kier alpha value is -2.01. The molecule has 0 aromatic carbocycles. The summed E-state index contributed by atoms with van der Waals surface area (Å²) in [5.41, 5.74) is 0.215. The van der Waals surface area contributed by atoms with Gasteiger partial charge < -0.3 is 39.0 Å². The van der Waals surface area contributed by atoms with Gasteiger partial charge in [0.15, 0.2) is 0 Å². The normalized spacial score (nSPS) is 36.7. The molecule has 12 nitrogen and oxygen atoms in total. The second-order valence-electron chi connectivity index (χ2n) is 15.2. The third-order valence-corrected chi connectivity index (χ3v) is 13.4. The van der Waals surface area contributed by atoms with Gasteiger partial charge in [-0.15, -0.1) is 0 Å². The van der Waals surface area contributed by atoms with Gasteiger partial charge in [0.25, 0.3) is 0 Å². The van der Waals surface area contributed by atoms with Gasteiger partial charge in [0, 0.05) is 12.8 Å². The van der Waals surface area contributed by atoms with Crippen molar-refractivity contribution in [3.05, 3.63) is 0 Å². The molecule has 4 aliphatic rings. The Bertz CT molecular complexity index is 1190. The van der Waals surface area contributed by atoms with Crippen LogP contribution in [0.3, 0.4) is 0 Å². The molecule has 0 heterocycles. The molecule has 4 N–H and O–H groups in total. The van der Waals surface area contributed by atoms with Gasteiger partial charge in [0.1, 0.15) is 11.9 Å². The summed E-state index contributed by atoms with van der Waals surface area (Å²) in [6.07, 6.45) is 5.47. The zero-order valence-corrected chi connectivity index (χ0v) is 28.5. The fourth-order valence-corrected chi connectivity index (χ4v) is 11.1. The van der Waals surface area contributed by atoms with E-state index in [-0.39, 0.29) is 41.0 Å². The van der Waals surface area contributed by atoms with E-state index in [4.69, 9.17) is 29.1 Å². The number of hydrogen-bond donors (Lipinski definition) is 4. The molecule has 5 unspecified atom stereocenters.